The molecular weight excluding hydrogens is 430 g/mol. The average molecular weight is 449 g/mol. The molecule has 0 bridgehead atoms. The van der Waals surface area contributed by atoms with E-state index in [0.717, 1.165) is 27.0 Å². The van der Waals surface area contributed by atoms with Crippen molar-refractivity contribution in [1.82, 2.24) is 14.5 Å². The van der Waals surface area contributed by atoms with Crippen LogP contribution in [-0.2, 0) is 11.3 Å². The molecule has 0 fully saturated rings. The first-order chi connectivity index (χ1) is 15.2. The normalized spacial score (nSPS) is 11.0. The quantitative estimate of drug-likeness (QED) is 0.363. The minimum atomic E-state index is -0.583. The number of thiazole rings is 1. The SMILES string of the molecule is Cc1cc(C)c(-c2csc(NC(=O)Cn3cnc4ccc([N+](=O)[O-])cc4c3=O)n2)c(C)c1. The molecule has 1 amide bonds. The van der Waals surface area contributed by atoms with Crippen molar-refractivity contribution in [2.45, 2.75) is 27.3 Å². The van der Waals surface area contributed by atoms with Gasteiger partial charge < -0.3 is 5.32 Å². The molecule has 4 aromatic rings. The lowest BCUT2D eigenvalue weighted by atomic mass is 9.98. The molecule has 0 saturated heterocycles. The molecule has 10 heteroatoms. The molecule has 9 nitrogen and oxygen atoms in total. The Kier molecular flexibility index (Phi) is 5.54. The Morgan fingerprint density at radius 2 is 1.91 bits per heavy atom. The maximum atomic E-state index is 12.7. The van der Waals surface area contributed by atoms with Crippen LogP contribution in [0.4, 0.5) is 10.8 Å². The van der Waals surface area contributed by atoms with Gasteiger partial charge in [0, 0.05) is 23.1 Å². The van der Waals surface area contributed by atoms with Crippen LogP contribution in [0, 0.1) is 30.9 Å². The number of carbonyl (C=O) groups is 1. The van der Waals surface area contributed by atoms with Crippen LogP contribution in [0.25, 0.3) is 22.2 Å². The lowest BCUT2D eigenvalue weighted by Crippen LogP contribution is -2.27. The monoisotopic (exact) mass is 449 g/mol. The predicted molar refractivity (Wildman–Crippen MR) is 123 cm³/mol. The number of hydrogen-bond acceptors (Lipinski definition) is 7. The zero-order valence-corrected chi connectivity index (χ0v) is 18.4. The largest absolute Gasteiger partial charge is 0.300 e. The summed E-state index contributed by atoms with van der Waals surface area (Å²) in [5.41, 5.74) is 4.77. The fourth-order valence-corrected chi connectivity index (χ4v) is 4.43. The molecule has 162 valence electrons. The molecule has 0 spiro atoms. The number of nitro groups is 1. The van der Waals surface area contributed by atoms with E-state index in [1.54, 1.807) is 0 Å². The Morgan fingerprint density at radius 3 is 2.59 bits per heavy atom. The van der Waals surface area contributed by atoms with Gasteiger partial charge in [-0.3, -0.25) is 24.3 Å². The van der Waals surface area contributed by atoms with E-state index < -0.39 is 16.4 Å². The van der Waals surface area contributed by atoms with Crippen LogP contribution >= 0.6 is 11.3 Å². The zero-order valence-electron chi connectivity index (χ0n) is 17.6. The first-order valence-corrected chi connectivity index (χ1v) is 10.6. The highest BCUT2D eigenvalue weighted by atomic mass is 32.1. The van der Waals surface area contributed by atoms with Crippen LogP contribution in [0.15, 0.2) is 46.8 Å². The summed E-state index contributed by atoms with van der Waals surface area (Å²) in [6.45, 7) is 5.80. The molecular formula is C22H19N5O4S. The molecule has 0 atom stereocenters. The number of carbonyl (C=O) groups excluding carboxylic acids is 1. The van der Waals surface area contributed by atoms with Crippen LogP contribution in [0.3, 0.4) is 0 Å². The summed E-state index contributed by atoms with van der Waals surface area (Å²) in [7, 11) is 0. The number of rotatable bonds is 5. The Labute approximate surface area is 186 Å². The van der Waals surface area contributed by atoms with Crippen molar-refractivity contribution in [2.24, 2.45) is 0 Å². The lowest BCUT2D eigenvalue weighted by Gasteiger charge is -2.09. The fourth-order valence-electron chi connectivity index (χ4n) is 3.72. The molecule has 2 heterocycles. The van der Waals surface area contributed by atoms with Gasteiger partial charge in [0.15, 0.2) is 5.13 Å². The molecule has 2 aromatic heterocycles. The summed E-state index contributed by atoms with van der Waals surface area (Å²) < 4.78 is 1.12. The van der Waals surface area contributed by atoms with Gasteiger partial charge in [-0.05, 0) is 38.0 Å². The van der Waals surface area contributed by atoms with Crippen LogP contribution in [0.5, 0.6) is 0 Å². The van der Waals surface area contributed by atoms with E-state index in [1.165, 1.54) is 41.4 Å². The first-order valence-electron chi connectivity index (χ1n) is 9.70. The van der Waals surface area contributed by atoms with E-state index >= 15 is 0 Å². The number of nitrogens with zero attached hydrogens (tertiary/aromatic N) is 4. The number of aryl methyl sites for hydroxylation is 3. The van der Waals surface area contributed by atoms with Crippen molar-refractivity contribution in [1.29, 1.82) is 0 Å². The van der Waals surface area contributed by atoms with E-state index in [0.29, 0.717) is 10.6 Å². The molecule has 32 heavy (non-hydrogen) atoms. The predicted octanol–water partition coefficient (Wildman–Crippen LogP) is 3.99. The Hall–Kier alpha value is -3.92. The number of anilines is 1. The van der Waals surface area contributed by atoms with Crippen molar-refractivity contribution in [3.8, 4) is 11.3 Å². The maximum absolute atomic E-state index is 12.7. The molecule has 4 rings (SSSR count). The van der Waals surface area contributed by atoms with E-state index in [-0.39, 0.29) is 17.6 Å². The van der Waals surface area contributed by atoms with Gasteiger partial charge in [0.05, 0.1) is 27.8 Å². The van der Waals surface area contributed by atoms with Gasteiger partial charge in [-0.1, -0.05) is 17.7 Å². The van der Waals surface area contributed by atoms with Gasteiger partial charge in [-0.15, -0.1) is 11.3 Å². The molecule has 0 radical (unpaired) electrons. The topological polar surface area (TPSA) is 120 Å². The van der Waals surface area contributed by atoms with Crippen LogP contribution in [-0.4, -0.2) is 25.4 Å². The third kappa shape index (κ3) is 4.12. The van der Waals surface area contributed by atoms with Crippen LogP contribution < -0.4 is 10.9 Å². The molecule has 0 aliphatic rings. The number of non-ortho nitro benzene ring substituents is 1. The number of nitrogens with one attached hydrogen (secondary N) is 1. The third-order valence-corrected chi connectivity index (χ3v) is 5.77. The third-order valence-electron chi connectivity index (χ3n) is 5.02. The van der Waals surface area contributed by atoms with Gasteiger partial charge in [0.2, 0.25) is 5.91 Å². The van der Waals surface area contributed by atoms with Crippen molar-refractivity contribution in [3.05, 3.63) is 79.2 Å². The van der Waals surface area contributed by atoms with Gasteiger partial charge in [-0.2, -0.15) is 0 Å². The van der Waals surface area contributed by atoms with Gasteiger partial charge >= 0.3 is 0 Å². The zero-order chi connectivity index (χ0) is 23.0. The smallest absolute Gasteiger partial charge is 0.270 e. The summed E-state index contributed by atoms with van der Waals surface area (Å²) in [6, 6.07) is 8.03. The average Bonchev–Trinajstić information content (AvgIpc) is 3.16. The number of amides is 1. The summed E-state index contributed by atoms with van der Waals surface area (Å²) in [6.07, 6.45) is 1.25. The van der Waals surface area contributed by atoms with E-state index in [2.05, 4.69) is 27.4 Å². The van der Waals surface area contributed by atoms with E-state index in [1.807, 2.05) is 26.2 Å². The molecule has 2 aromatic carbocycles. The fraction of sp³-hybridized carbons (Fsp3) is 0.182. The Balaban J connectivity index is 1.55. The minimum Gasteiger partial charge on any atom is -0.300 e. The second kappa shape index (κ2) is 8.31. The number of benzene rings is 2. The van der Waals surface area contributed by atoms with Crippen molar-refractivity contribution in [3.63, 3.8) is 0 Å². The maximum Gasteiger partial charge on any atom is 0.270 e. The van der Waals surface area contributed by atoms with Crippen molar-refractivity contribution < 1.29 is 9.72 Å². The van der Waals surface area contributed by atoms with Crippen molar-refractivity contribution >= 4 is 39.0 Å². The minimum absolute atomic E-state index is 0.0800. The molecule has 0 saturated carbocycles. The molecule has 0 aliphatic carbocycles. The highest BCUT2D eigenvalue weighted by Gasteiger charge is 2.15. The Bertz CT molecular complexity index is 1420. The number of fused-ring (bicyclic) bond motifs is 1. The van der Waals surface area contributed by atoms with E-state index in [9.17, 15) is 19.7 Å². The highest BCUT2D eigenvalue weighted by molar-refractivity contribution is 7.14. The van der Waals surface area contributed by atoms with E-state index in [4.69, 9.17) is 0 Å². The molecule has 1 N–H and O–H groups in total. The van der Waals surface area contributed by atoms with Crippen LogP contribution in [0.2, 0.25) is 0 Å². The summed E-state index contributed by atoms with van der Waals surface area (Å²) >= 11 is 1.30. The highest BCUT2D eigenvalue weighted by Crippen LogP contribution is 2.31. The summed E-state index contributed by atoms with van der Waals surface area (Å²) in [5, 5.41) is 16.1. The second-order valence-corrected chi connectivity index (χ2v) is 8.35. The standard InChI is InChI=1S/C22H19N5O4S/c1-12-6-13(2)20(14(3)7-12)18-10-32-22(24-18)25-19(28)9-26-11-23-17-5-4-15(27(30)31)8-16(17)21(26)29/h4-8,10-11H,9H2,1-3H3,(H,24,25,28). The number of aromatic nitrogens is 3. The first kappa shape index (κ1) is 21.3. The second-order valence-electron chi connectivity index (χ2n) is 7.50. The lowest BCUT2D eigenvalue weighted by molar-refractivity contribution is -0.384. The van der Waals surface area contributed by atoms with Crippen molar-refractivity contribution in [2.75, 3.05) is 5.32 Å². The summed E-state index contributed by atoms with van der Waals surface area (Å²) in [5.74, 6) is -0.447. The summed E-state index contributed by atoms with van der Waals surface area (Å²) in [4.78, 5) is 44.3. The Morgan fingerprint density at radius 1 is 1.19 bits per heavy atom. The molecule has 0 unspecified atom stereocenters. The van der Waals surface area contributed by atoms with Gasteiger partial charge in [-0.25, -0.2) is 9.97 Å². The van der Waals surface area contributed by atoms with Gasteiger partial charge in [0.1, 0.15) is 6.54 Å². The number of nitro benzene ring substituents is 1. The number of hydrogen-bond donors (Lipinski definition) is 1. The van der Waals surface area contributed by atoms with Gasteiger partial charge in [0.25, 0.3) is 11.2 Å². The van der Waals surface area contributed by atoms with Crippen LogP contribution in [0.1, 0.15) is 16.7 Å². The molecule has 0 aliphatic heterocycles.